The van der Waals surface area contributed by atoms with Gasteiger partial charge in [0.05, 0.1) is 35.1 Å². The summed E-state index contributed by atoms with van der Waals surface area (Å²) in [5.74, 6) is -0.736. The molecular formula is C29H29ClF3N5O5S2. The number of aromatic amines is 1. The maximum atomic E-state index is 14.0. The quantitative estimate of drug-likeness (QED) is 0.406. The molecule has 1 aromatic heterocycles. The Labute approximate surface area is 266 Å². The Morgan fingerprint density at radius 3 is 2.40 bits per heavy atom. The molecule has 3 saturated heterocycles. The van der Waals surface area contributed by atoms with E-state index in [1.807, 2.05) is 38.1 Å². The second-order valence-electron chi connectivity index (χ2n) is 11.9. The van der Waals surface area contributed by atoms with Gasteiger partial charge in [-0.3, -0.25) is 14.4 Å². The minimum atomic E-state index is -4.78. The van der Waals surface area contributed by atoms with Crippen LogP contribution in [0, 0.1) is 0 Å². The molecule has 3 aliphatic rings. The molecule has 16 heteroatoms. The number of amides is 3. The molecule has 45 heavy (non-hydrogen) atoms. The Hall–Kier alpha value is -3.27. The van der Waals surface area contributed by atoms with Crippen molar-refractivity contribution in [3.63, 3.8) is 0 Å². The molecular weight excluding hydrogens is 655 g/mol. The Morgan fingerprint density at radius 2 is 1.73 bits per heavy atom. The third-order valence-electron chi connectivity index (χ3n) is 8.61. The van der Waals surface area contributed by atoms with Crippen LogP contribution >= 0.6 is 23.4 Å². The summed E-state index contributed by atoms with van der Waals surface area (Å²) < 4.78 is 66.4. The molecule has 0 radical (unpaired) electrons. The summed E-state index contributed by atoms with van der Waals surface area (Å²) in [6, 6.07) is 9.77. The summed E-state index contributed by atoms with van der Waals surface area (Å²) in [5, 5.41) is 0.471. The average molecular weight is 684 g/mol. The monoisotopic (exact) mass is 683 g/mol. The minimum Gasteiger partial charge on any atom is -0.351 e. The third-order valence-corrected chi connectivity index (χ3v) is 11.9. The number of benzene rings is 2. The maximum Gasteiger partial charge on any atom is 0.416 e. The van der Waals surface area contributed by atoms with Gasteiger partial charge in [-0.15, -0.1) is 11.8 Å². The fraction of sp³-hybridized carbons (Fsp3) is 0.414. The lowest BCUT2D eigenvalue weighted by molar-refractivity contribution is -0.142. The number of carbonyl (C=O) groups excluding carboxylic acids is 3. The van der Waals surface area contributed by atoms with Crippen LogP contribution in [0.4, 0.5) is 13.2 Å². The highest BCUT2D eigenvalue weighted by Crippen LogP contribution is 2.43. The third kappa shape index (κ3) is 5.79. The van der Waals surface area contributed by atoms with Crippen LogP contribution in [0.3, 0.4) is 0 Å². The Bertz CT molecular complexity index is 1780. The molecule has 2 aromatic carbocycles. The zero-order chi connectivity index (χ0) is 32.5. The fourth-order valence-corrected chi connectivity index (χ4v) is 8.96. The van der Waals surface area contributed by atoms with Crippen molar-refractivity contribution in [1.29, 1.82) is 0 Å². The Morgan fingerprint density at radius 1 is 1.04 bits per heavy atom. The average Bonchev–Trinajstić information content (AvgIpc) is 3.76. The molecule has 240 valence electrons. The molecule has 0 spiro atoms. The van der Waals surface area contributed by atoms with E-state index >= 15 is 0 Å². The highest BCUT2D eigenvalue weighted by Gasteiger charge is 2.54. The van der Waals surface area contributed by atoms with Crippen molar-refractivity contribution in [2.24, 2.45) is 0 Å². The van der Waals surface area contributed by atoms with Gasteiger partial charge in [0, 0.05) is 28.7 Å². The number of hydrogen-bond acceptors (Lipinski definition) is 6. The summed E-state index contributed by atoms with van der Waals surface area (Å²) in [7, 11) is -4.54. The van der Waals surface area contributed by atoms with Crippen molar-refractivity contribution in [3.05, 3.63) is 64.8 Å². The number of hydrogen-bond donors (Lipinski definition) is 2. The number of alkyl halides is 3. The van der Waals surface area contributed by atoms with Crippen LogP contribution < -0.4 is 4.72 Å². The van der Waals surface area contributed by atoms with Crippen molar-refractivity contribution in [2.75, 3.05) is 25.5 Å². The van der Waals surface area contributed by atoms with Gasteiger partial charge in [-0.2, -0.15) is 13.2 Å². The second kappa shape index (κ2) is 11.2. The predicted octanol–water partition coefficient (Wildman–Crippen LogP) is 3.92. The number of halogens is 4. The Kier molecular flexibility index (Phi) is 7.90. The molecule has 3 atom stereocenters. The molecule has 2 N–H and O–H groups in total. The normalized spacial score (nSPS) is 22.9. The first-order valence-corrected chi connectivity index (χ1v) is 16.9. The number of nitrogens with zero attached hydrogens (tertiary/aromatic N) is 3. The number of aromatic nitrogens is 1. The van der Waals surface area contributed by atoms with Crippen molar-refractivity contribution in [2.45, 2.75) is 54.2 Å². The summed E-state index contributed by atoms with van der Waals surface area (Å²) in [4.78, 5) is 47.8. The summed E-state index contributed by atoms with van der Waals surface area (Å²) in [6.45, 7) is 3.53. The van der Waals surface area contributed by atoms with Crippen LogP contribution in [0.25, 0.3) is 10.9 Å². The van der Waals surface area contributed by atoms with Crippen LogP contribution in [-0.4, -0.2) is 94.2 Å². The maximum absolute atomic E-state index is 14.0. The smallest absolute Gasteiger partial charge is 0.351 e. The minimum absolute atomic E-state index is 0.164. The molecule has 3 amide bonds. The van der Waals surface area contributed by atoms with Gasteiger partial charge in [0.1, 0.15) is 16.6 Å². The number of fused-ring (bicyclic) bond motifs is 3. The summed E-state index contributed by atoms with van der Waals surface area (Å²) in [5.41, 5.74) is 0.0168. The first-order valence-electron chi connectivity index (χ1n) is 14.1. The molecule has 6 rings (SSSR count). The number of sulfonamides is 1. The van der Waals surface area contributed by atoms with E-state index in [0.717, 1.165) is 17.0 Å². The fourth-order valence-electron chi connectivity index (χ4n) is 6.34. The standard InChI is InChI=1S/C29H29ClF3N5O5S2/c1-28(2)25(38(15-44-28)26(40)22-9-16-5-3-4-6-21(16)35-22)27(41)37-14-18-11-19(37)13-36(18)24(39)12-34-45(42,43)23-10-17(29(31,32)33)7-8-20(23)30/h3-10,18-19,25,34-35H,11-15H2,1-2H3/t18-,19-,25+/m0/s1. The summed E-state index contributed by atoms with van der Waals surface area (Å²) in [6.07, 6.45) is -4.30. The van der Waals surface area contributed by atoms with Gasteiger partial charge < -0.3 is 19.7 Å². The zero-order valence-electron chi connectivity index (χ0n) is 24.1. The first kappa shape index (κ1) is 31.7. The number of rotatable bonds is 6. The van der Waals surface area contributed by atoms with Crippen molar-refractivity contribution >= 4 is 62.0 Å². The molecule has 0 aliphatic carbocycles. The lowest BCUT2D eigenvalue weighted by Gasteiger charge is -2.39. The van der Waals surface area contributed by atoms with E-state index in [2.05, 4.69) is 9.71 Å². The number of nitrogens with one attached hydrogen (secondary N) is 2. The molecule has 3 fully saturated rings. The van der Waals surface area contributed by atoms with Gasteiger partial charge in [-0.05, 0) is 50.6 Å². The van der Waals surface area contributed by atoms with Crippen molar-refractivity contribution in [1.82, 2.24) is 24.4 Å². The molecule has 0 saturated carbocycles. The number of piperazine rings is 1. The van der Waals surface area contributed by atoms with E-state index in [-0.39, 0.29) is 37.0 Å². The van der Waals surface area contributed by atoms with E-state index in [1.165, 1.54) is 16.7 Å². The van der Waals surface area contributed by atoms with Crippen LogP contribution in [0.1, 0.15) is 36.3 Å². The molecule has 0 unspecified atom stereocenters. The lowest BCUT2D eigenvalue weighted by Crippen LogP contribution is -2.59. The van der Waals surface area contributed by atoms with Gasteiger partial charge in [0.2, 0.25) is 21.8 Å². The van der Waals surface area contributed by atoms with E-state index in [4.69, 9.17) is 11.6 Å². The lowest BCUT2D eigenvalue weighted by atomic mass is 9.99. The number of H-pyrrole nitrogens is 1. The second-order valence-corrected chi connectivity index (χ2v) is 15.6. The van der Waals surface area contributed by atoms with Crippen LogP contribution in [-0.2, 0) is 25.8 Å². The van der Waals surface area contributed by atoms with Gasteiger partial charge in [-0.25, -0.2) is 13.1 Å². The molecule has 2 bridgehead atoms. The van der Waals surface area contributed by atoms with Crippen molar-refractivity contribution in [3.8, 4) is 0 Å². The molecule has 4 heterocycles. The first-order chi connectivity index (χ1) is 21.1. The predicted molar refractivity (Wildman–Crippen MR) is 162 cm³/mol. The topological polar surface area (TPSA) is 123 Å². The largest absolute Gasteiger partial charge is 0.416 e. The SMILES string of the molecule is CC1(C)SCN(C(=O)c2cc3ccccc3[nH]2)[C@@H]1C(=O)N1C[C@@H]2C[C@H]1CN2C(=O)CNS(=O)(=O)c1cc(C(F)(F)F)ccc1Cl. The number of para-hydroxylation sites is 1. The van der Waals surface area contributed by atoms with Crippen molar-refractivity contribution < 1.29 is 36.0 Å². The zero-order valence-corrected chi connectivity index (χ0v) is 26.5. The highest BCUT2D eigenvalue weighted by atomic mass is 35.5. The van der Waals surface area contributed by atoms with E-state index in [1.54, 1.807) is 15.9 Å². The van der Waals surface area contributed by atoms with Crippen LogP contribution in [0.15, 0.2) is 53.4 Å². The van der Waals surface area contributed by atoms with Gasteiger partial charge in [-0.1, -0.05) is 29.8 Å². The van der Waals surface area contributed by atoms with Gasteiger partial charge >= 0.3 is 6.18 Å². The summed E-state index contributed by atoms with van der Waals surface area (Å²) >= 11 is 7.39. The number of likely N-dealkylation sites (tertiary alicyclic amines) is 2. The van der Waals surface area contributed by atoms with Crippen LogP contribution in [0.5, 0.6) is 0 Å². The highest BCUT2D eigenvalue weighted by molar-refractivity contribution is 8.00. The number of thioether (sulfide) groups is 1. The Balaban J connectivity index is 1.11. The van der Waals surface area contributed by atoms with E-state index in [0.29, 0.717) is 30.1 Å². The molecule has 10 nitrogen and oxygen atoms in total. The van der Waals surface area contributed by atoms with Gasteiger partial charge in [0.15, 0.2) is 0 Å². The van der Waals surface area contributed by atoms with E-state index in [9.17, 15) is 36.0 Å². The van der Waals surface area contributed by atoms with Crippen LogP contribution in [0.2, 0.25) is 5.02 Å². The molecule has 3 aliphatic heterocycles. The molecule has 3 aromatic rings. The van der Waals surface area contributed by atoms with E-state index < -0.39 is 54.9 Å². The van der Waals surface area contributed by atoms with Gasteiger partial charge in [0.25, 0.3) is 5.91 Å². The number of carbonyl (C=O) groups is 3.